The molecule has 0 spiro atoms. The number of nitrogens with zero attached hydrogens (tertiary/aromatic N) is 3. The lowest BCUT2D eigenvalue weighted by molar-refractivity contribution is -0.645. The summed E-state index contributed by atoms with van der Waals surface area (Å²) < 4.78 is 6.79. The largest absolute Gasteiger partial charge is 0.244 e. The summed E-state index contributed by atoms with van der Waals surface area (Å²) in [6, 6.07) is 17.2. The fourth-order valence-electron chi connectivity index (χ4n) is 3.39. The fourth-order valence-corrected chi connectivity index (χ4v) is 3.39. The zero-order valence-corrected chi connectivity index (χ0v) is 12.4. The highest BCUT2D eigenvalue weighted by Gasteiger charge is 2.30. The first-order valence-electron chi connectivity index (χ1n) is 7.34. The van der Waals surface area contributed by atoms with Gasteiger partial charge in [0.1, 0.15) is 19.5 Å². The average molecular weight is 277 g/mol. The first-order chi connectivity index (χ1) is 10.2. The molecule has 0 radical (unpaired) electrons. The van der Waals surface area contributed by atoms with Gasteiger partial charge in [0, 0.05) is 11.6 Å². The minimum Gasteiger partial charge on any atom is -0.233 e. The van der Waals surface area contributed by atoms with Crippen molar-refractivity contribution in [3.8, 4) is 0 Å². The lowest BCUT2D eigenvalue weighted by Crippen LogP contribution is -2.25. The van der Waals surface area contributed by atoms with Crippen LogP contribution >= 0.6 is 0 Å². The Balaban J connectivity index is 1.77. The molecule has 0 fully saturated rings. The van der Waals surface area contributed by atoms with E-state index in [1.54, 1.807) is 0 Å². The smallest absolute Gasteiger partial charge is 0.233 e. The minimum atomic E-state index is 0.432. The number of rotatable bonds is 2. The number of imidazole rings is 1. The highest BCUT2D eigenvalue weighted by atomic mass is 15.1. The van der Waals surface area contributed by atoms with Crippen LogP contribution in [0.1, 0.15) is 11.5 Å². The molecule has 0 amide bonds. The van der Waals surface area contributed by atoms with E-state index in [0.29, 0.717) is 5.92 Å². The molecule has 0 N–H and O–H groups in total. The van der Waals surface area contributed by atoms with Crippen LogP contribution in [0.3, 0.4) is 0 Å². The second kappa shape index (κ2) is 4.55. The van der Waals surface area contributed by atoms with Crippen molar-refractivity contribution in [2.24, 2.45) is 7.05 Å². The SMILES string of the molecule is C[N+]1=CC(Cn2c[n+](C)c3ccccc32)c2ccccc21. The number of aryl methyl sites for hydroxylation is 1. The van der Waals surface area contributed by atoms with E-state index in [1.807, 2.05) is 0 Å². The maximum atomic E-state index is 2.35. The molecule has 1 aliphatic rings. The molecule has 0 aliphatic carbocycles. The van der Waals surface area contributed by atoms with E-state index in [1.165, 1.54) is 22.3 Å². The molecule has 0 saturated carbocycles. The molecule has 0 saturated heterocycles. The number of benzene rings is 2. The van der Waals surface area contributed by atoms with Crippen LogP contribution in [0.15, 0.2) is 54.9 Å². The van der Waals surface area contributed by atoms with Crippen molar-refractivity contribution in [2.75, 3.05) is 7.05 Å². The molecule has 3 heteroatoms. The van der Waals surface area contributed by atoms with Gasteiger partial charge in [0.05, 0.1) is 7.05 Å². The summed E-state index contributed by atoms with van der Waals surface area (Å²) in [4.78, 5) is 0. The summed E-state index contributed by atoms with van der Waals surface area (Å²) in [7, 11) is 4.24. The van der Waals surface area contributed by atoms with Crippen LogP contribution in [0, 0.1) is 0 Å². The first-order valence-corrected chi connectivity index (χ1v) is 7.34. The van der Waals surface area contributed by atoms with Gasteiger partial charge in [-0.3, -0.25) is 0 Å². The van der Waals surface area contributed by atoms with Crippen LogP contribution in [0.25, 0.3) is 11.0 Å². The average Bonchev–Trinajstić information content (AvgIpc) is 3.00. The van der Waals surface area contributed by atoms with E-state index in [9.17, 15) is 0 Å². The van der Waals surface area contributed by atoms with Gasteiger partial charge in [-0.1, -0.05) is 30.3 Å². The van der Waals surface area contributed by atoms with E-state index < -0.39 is 0 Å². The third-order valence-corrected chi connectivity index (χ3v) is 4.40. The van der Waals surface area contributed by atoms with Gasteiger partial charge in [0.15, 0.2) is 17.2 Å². The quantitative estimate of drug-likeness (QED) is 0.638. The van der Waals surface area contributed by atoms with Gasteiger partial charge in [-0.25, -0.2) is 13.7 Å². The number of hydrogen-bond donors (Lipinski definition) is 0. The van der Waals surface area contributed by atoms with Crippen molar-refractivity contribution >= 4 is 22.9 Å². The van der Waals surface area contributed by atoms with Crippen molar-refractivity contribution in [1.82, 2.24) is 4.57 Å². The van der Waals surface area contributed by atoms with Crippen molar-refractivity contribution in [3.05, 3.63) is 60.4 Å². The molecule has 2 heterocycles. The van der Waals surface area contributed by atoms with Crippen molar-refractivity contribution < 1.29 is 9.14 Å². The summed E-state index contributed by atoms with van der Waals surface area (Å²) in [5, 5.41) is 0. The molecule has 1 aromatic heterocycles. The number of aromatic nitrogens is 2. The van der Waals surface area contributed by atoms with Crippen molar-refractivity contribution in [3.63, 3.8) is 0 Å². The Morgan fingerprint density at radius 2 is 1.76 bits per heavy atom. The molecule has 104 valence electrons. The molecule has 21 heavy (non-hydrogen) atoms. The predicted molar refractivity (Wildman–Crippen MR) is 84.2 cm³/mol. The predicted octanol–water partition coefficient (Wildman–Crippen LogP) is 2.61. The Morgan fingerprint density at radius 3 is 2.67 bits per heavy atom. The molecule has 1 atom stereocenters. The number of fused-ring (bicyclic) bond motifs is 2. The summed E-state index contributed by atoms with van der Waals surface area (Å²) in [5.74, 6) is 0.432. The monoisotopic (exact) mass is 277 g/mol. The second-order valence-corrected chi connectivity index (χ2v) is 5.79. The van der Waals surface area contributed by atoms with Gasteiger partial charge in [0.25, 0.3) is 0 Å². The van der Waals surface area contributed by atoms with E-state index in [4.69, 9.17) is 0 Å². The van der Waals surface area contributed by atoms with E-state index in [0.717, 1.165) is 6.54 Å². The molecular weight excluding hydrogens is 258 g/mol. The normalized spacial score (nSPS) is 17.0. The first kappa shape index (κ1) is 12.3. The van der Waals surface area contributed by atoms with Crippen LogP contribution < -0.4 is 4.57 Å². The second-order valence-electron chi connectivity index (χ2n) is 5.79. The van der Waals surface area contributed by atoms with Crippen LogP contribution in [0.4, 0.5) is 5.69 Å². The van der Waals surface area contributed by atoms with Gasteiger partial charge in [-0.2, -0.15) is 0 Å². The third-order valence-electron chi connectivity index (χ3n) is 4.40. The maximum Gasteiger partial charge on any atom is 0.244 e. The van der Waals surface area contributed by atoms with Crippen LogP contribution in [-0.2, 0) is 13.6 Å². The summed E-state index contributed by atoms with van der Waals surface area (Å²) in [6.45, 7) is 0.975. The highest BCUT2D eigenvalue weighted by Crippen LogP contribution is 2.32. The van der Waals surface area contributed by atoms with Crippen LogP contribution in [-0.4, -0.2) is 22.4 Å². The number of hydrogen-bond acceptors (Lipinski definition) is 0. The van der Waals surface area contributed by atoms with E-state index in [2.05, 4.69) is 88.9 Å². The highest BCUT2D eigenvalue weighted by molar-refractivity contribution is 5.74. The lowest BCUT2D eigenvalue weighted by Gasteiger charge is -2.03. The van der Waals surface area contributed by atoms with Crippen molar-refractivity contribution in [1.29, 1.82) is 0 Å². The lowest BCUT2D eigenvalue weighted by atomic mass is 10.0. The van der Waals surface area contributed by atoms with E-state index >= 15 is 0 Å². The van der Waals surface area contributed by atoms with Crippen molar-refractivity contribution in [2.45, 2.75) is 12.5 Å². The topological polar surface area (TPSA) is 11.8 Å². The van der Waals surface area contributed by atoms with Gasteiger partial charge < -0.3 is 0 Å². The van der Waals surface area contributed by atoms with Crippen LogP contribution in [0.2, 0.25) is 0 Å². The van der Waals surface area contributed by atoms with E-state index in [-0.39, 0.29) is 0 Å². The zero-order chi connectivity index (χ0) is 14.4. The zero-order valence-electron chi connectivity index (χ0n) is 12.4. The molecular formula is C18H19N3+2. The Labute approximate surface area is 124 Å². The molecule has 4 rings (SSSR count). The Hall–Kier alpha value is -2.42. The van der Waals surface area contributed by atoms with Gasteiger partial charge in [-0.15, -0.1) is 0 Å². The Kier molecular flexibility index (Phi) is 2.67. The Bertz CT molecular complexity index is 858. The molecule has 1 unspecified atom stereocenters. The van der Waals surface area contributed by atoms with Gasteiger partial charge in [-0.05, 0) is 12.1 Å². The van der Waals surface area contributed by atoms with Gasteiger partial charge >= 0.3 is 0 Å². The van der Waals surface area contributed by atoms with Gasteiger partial charge in [0.2, 0.25) is 12.0 Å². The summed E-state index contributed by atoms with van der Waals surface area (Å²) >= 11 is 0. The maximum absolute atomic E-state index is 2.35. The minimum absolute atomic E-state index is 0.432. The van der Waals surface area contributed by atoms with Crippen LogP contribution in [0.5, 0.6) is 0 Å². The molecule has 3 aromatic rings. The molecule has 1 aliphatic heterocycles. The molecule has 2 aromatic carbocycles. The summed E-state index contributed by atoms with van der Waals surface area (Å²) in [5.41, 5.74) is 5.31. The standard InChI is InChI=1S/C18H19N3/c1-19-11-14(15-7-3-4-8-16(15)19)12-21-13-20(2)17-9-5-6-10-18(17)21/h3-11,13-14H,12H2,1-2H3/q+2. The molecule has 3 nitrogen and oxygen atoms in total. The number of para-hydroxylation sites is 3. The Morgan fingerprint density at radius 1 is 1.00 bits per heavy atom. The fraction of sp³-hybridized carbons (Fsp3) is 0.222. The summed E-state index contributed by atoms with van der Waals surface area (Å²) in [6.07, 6.45) is 4.51. The molecule has 0 bridgehead atoms. The third kappa shape index (κ3) is 1.88.